The van der Waals surface area contributed by atoms with Crippen molar-refractivity contribution < 1.29 is 19.4 Å². The molecule has 2 rings (SSSR count). The fourth-order valence-corrected chi connectivity index (χ4v) is 2.34. The molecule has 1 atom stereocenters. The van der Waals surface area contributed by atoms with E-state index < -0.39 is 5.97 Å². The lowest BCUT2D eigenvalue weighted by Crippen LogP contribution is -2.43. The van der Waals surface area contributed by atoms with Crippen molar-refractivity contribution in [1.29, 1.82) is 0 Å². The molecule has 1 aromatic carbocycles. The first-order valence-electron chi connectivity index (χ1n) is 6.28. The topological polar surface area (TPSA) is 66.8 Å². The highest BCUT2D eigenvalue weighted by atomic mass is 16.5. The third-order valence-electron chi connectivity index (χ3n) is 3.39. The van der Waals surface area contributed by atoms with Crippen LogP contribution in [0.4, 0.5) is 0 Å². The fourth-order valence-electron chi connectivity index (χ4n) is 2.34. The minimum absolute atomic E-state index is 0.0368. The number of hydrogen-bond acceptors (Lipinski definition) is 3. The molecule has 0 saturated carbocycles. The first kappa shape index (κ1) is 13.5. The molecule has 1 fully saturated rings. The van der Waals surface area contributed by atoms with E-state index in [1.807, 2.05) is 0 Å². The van der Waals surface area contributed by atoms with Crippen LogP contribution < -0.4 is 0 Å². The standard InChI is InChI=1S/C14H17NO4/c1-19-10-5-4-8-15(9-10)13(16)11-6-2-3-7-12(11)14(17)18/h2-3,6-7,10H,4-5,8-9H2,1H3,(H,17,18). The number of rotatable bonds is 3. The van der Waals surface area contributed by atoms with Crippen LogP contribution in [0.2, 0.25) is 0 Å². The zero-order chi connectivity index (χ0) is 13.8. The monoisotopic (exact) mass is 263 g/mol. The number of piperidine rings is 1. The van der Waals surface area contributed by atoms with Crippen molar-refractivity contribution >= 4 is 11.9 Å². The number of nitrogens with zero attached hydrogens (tertiary/aromatic N) is 1. The zero-order valence-corrected chi connectivity index (χ0v) is 10.8. The molecule has 0 spiro atoms. The molecule has 19 heavy (non-hydrogen) atoms. The van der Waals surface area contributed by atoms with Crippen molar-refractivity contribution in [3.63, 3.8) is 0 Å². The van der Waals surface area contributed by atoms with Crippen LogP contribution in [-0.2, 0) is 4.74 Å². The third-order valence-corrected chi connectivity index (χ3v) is 3.39. The lowest BCUT2D eigenvalue weighted by Gasteiger charge is -2.32. The van der Waals surface area contributed by atoms with Gasteiger partial charge in [-0.15, -0.1) is 0 Å². The number of methoxy groups -OCH3 is 1. The Labute approximate surface area is 111 Å². The van der Waals surface area contributed by atoms with E-state index in [4.69, 9.17) is 9.84 Å². The average Bonchev–Trinajstić information content (AvgIpc) is 2.46. The van der Waals surface area contributed by atoms with Gasteiger partial charge >= 0.3 is 5.97 Å². The van der Waals surface area contributed by atoms with Crippen LogP contribution in [0.5, 0.6) is 0 Å². The van der Waals surface area contributed by atoms with Crippen LogP contribution >= 0.6 is 0 Å². The molecule has 0 aromatic heterocycles. The van der Waals surface area contributed by atoms with Crippen LogP contribution in [-0.4, -0.2) is 48.2 Å². The first-order valence-corrected chi connectivity index (χ1v) is 6.28. The van der Waals surface area contributed by atoms with Gasteiger partial charge in [0.05, 0.1) is 17.2 Å². The molecule has 0 radical (unpaired) electrons. The predicted octanol–water partition coefficient (Wildman–Crippen LogP) is 1.64. The van der Waals surface area contributed by atoms with Gasteiger partial charge in [0.1, 0.15) is 0 Å². The molecule has 1 N–H and O–H groups in total. The Morgan fingerprint density at radius 3 is 2.63 bits per heavy atom. The van der Waals surface area contributed by atoms with Gasteiger partial charge in [-0.05, 0) is 25.0 Å². The molecule has 0 bridgehead atoms. The molecule has 5 nitrogen and oxygen atoms in total. The van der Waals surface area contributed by atoms with Gasteiger partial charge in [0.25, 0.3) is 5.91 Å². The fraction of sp³-hybridized carbons (Fsp3) is 0.429. The normalized spacial score (nSPS) is 19.2. The summed E-state index contributed by atoms with van der Waals surface area (Å²) < 4.78 is 5.27. The SMILES string of the molecule is COC1CCCN(C(=O)c2ccccc2C(=O)O)C1. The Balaban J connectivity index is 2.22. The number of ether oxygens (including phenoxy) is 1. The number of benzene rings is 1. The van der Waals surface area contributed by atoms with Gasteiger partial charge in [0, 0.05) is 20.2 Å². The van der Waals surface area contributed by atoms with Crippen molar-refractivity contribution in [2.45, 2.75) is 18.9 Å². The minimum atomic E-state index is -1.08. The van der Waals surface area contributed by atoms with E-state index in [9.17, 15) is 9.59 Å². The second-order valence-electron chi connectivity index (χ2n) is 4.60. The average molecular weight is 263 g/mol. The number of aromatic carboxylic acids is 1. The second kappa shape index (κ2) is 5.84. The number of carboxylic acid groups (broad SMARTS) is 1. The summed E-state index contributed by atoms with van der Waals surface area (Å²) in [4.78, 5) is 25.2. The quantitative estimate of drug-likeness (QED) is 0.900. The molecule has 0 aliphatic carbocycles. The van der Waals surface area contributed by atoms with Crippen LogP contribution in [0.15, 0.2) is 24.3 Å². The van der Waals surface area contributed by atoms with Gasteiger partial charge in [0.15, 0.2) is 0 Å². The smallest absolute Gasteiger partial charge is 0.336 e. The van der Waals surface area contributed by atoms with Gasteiger partial charge < -0.3 is 14.7 Å². The molecule has 1 aliphatic heterocycles. The van der Waals surface area contributed by atoms with Crippen molar-refractivity contribution in [1.82, 2.24) is 4.90 Å². The van der Waals surface area contributed by atoms with Crippen LogP contribution in [0.25, 0.3) is 0 Å². The van der Waals surface area contributed by atoms with E-state index >= 15 is 0 Å². The summed E-state index contributed by atoms with van der Waals surface area (Å²) in [5.41, 5.74) is 0.291. The van der Waals surface area contributed by atoms with Gasteiger partial charge in [-0.1, -0.05) is 12.1 Å². The van der Waals surface area contributed by atoms with Crippen LogP contribution in [0.1, 0.15) is 33.6 Å². The van der Waals surface area contributed by atoms with E-state index in [-0.39, 0.29) is 23.1 Å². The summed E-state index contributed by atoms with van der Waals surface area (Å²) in [6.07, 6.45) is 1.84. The van der Waals surface area contributed by atoms with Crippen LogP contribution in [0, 0.1) is 0 Å². The van der Waals surface area contributed by atoms with E-state index in [0.29, 0.717) is 13.1 Å². The zero-order valence-electron chi connectivity index (χ0n) is 10.8. The Morgan fingerprint density at radius 2 is 2.00 bits per heavy atom. The highest BCUT2D eigenvalue weighted by molar-refractivity contribution is 6.04. The number of hydrogen-bond donors (Lipinski definition) is 1. The van der Waals surface area contributed by atoms with E-state index in [1.54, 1.807) is 30.2 Å². The maximum Gasteiger partial charge on any atom is 0.336 e. The summed E-state index contributed by atoms with van der Waals surface area (Å²) in [5, 5.41) is 9.12. The summed E-state index contributed by atoms with van der Waals surface area (Å²) in [5.74, 6) is -1.32. The first-order chi connectivity index (χ1) is 9.13. The van der Waals surface area contributed by atoms with Crippen LogP contribution in [0.3, 0.4) is 0 Å². The number of carbonyl (C=O) groups is 2. The molecule has 1 heterocycles. The summed E-state index contributed by atoms with van der Waals surface area (Å²) in [7, 11) is 1.63. The number of carbonyl (C=O) groups excluding carboxylic acids is 1. The maximum absolute atomic E-state index is 12.4. The van der Waals surface area contributed by atoms with E-state index in [2.05, 4.69) is 0 Å². The Hall–Kier alpha value is -1.88. The van der Waals surface area contributed by atoms with Crippen molar-refractivity contribution in [2.75, 3.05) is 20.2 Å². The summed E-state index contributed by atoms with van der Waals surface area (Å²) in [6.45, 7) is 1.16. The predicted molar refractivity (Wildman–Crippen MR) is 69.3 cm³/mol. The van der Waals surface area contributed by atoms with Crippen molar-refractivity contribution in [3.8, 4) is 0 Å². The highest BCUT2D eigenvalue weighted by Gasteiger charge is 2.26. The molecule has 1 aromatic rings. The van der Waals surface area contributed by atoms with E-state index in [0.717, 1.165) is 12.8 Å². The van der Waals surface area contributed by atoms with Gasteiger partial charge in [-0.2, -0.15) is 0 Å². The number of likely N-dealkylation sites (tertiary alicyclic amines) is 1. The van der Waals surface area contributed by atoms with Gasteiger partial charge in [0.2, 0.25) is 0 Å². The lowest BCUT2D eigenvalue weighted by atomic mass is 10.0. The molecule has 1 aliphatic rings. The molecule has 102 valence electrons. The third kappa shape index (κ3) is 2.93. The molecular formula is C14H17NO4. The molecule has 1 amide bonds. The van der Waals surface area contributed by atoms with Gasteiger partial charge in [-0.3, -0.25) is 4.79 Å². The number of amides is 1. The van der Waals surface area contributed by atoms with Crippen molar-refractivity contribution in [2.24, 2.45) is 0 Å². The Kier molecular flexibility index (Phi) is 4.16. The molecular weight excluding hydrogens is 246 g/mol. The maximum atomic E-state index is 12.4. The highest BCUT2D eigenvalue weighted by Crippen LogP contribution is 2.18. The van der Waals surface area contributed by atoms with E-state index in [1.165, 1.54) is 6.07 Å². The van der Waals surface area contributed by atoms with Gasteiger partial charge in [-0.25, -0.2) is 4.79 Å². The molecule has 1 unspecified atom stereocenters. The van der Waals surface area contributed by atoms with Crippen molar-refractivity contribution in [3.05, 3.63) is 35.4 Å². The summed E-state index contributed by atoms with van der Waals surface area (Å²) in [6, 6.07) is 6.31. The largest absolute Gasteiger partial charge is 0.478 e. The minimum Gasteiger partial charge on any atom is -0.478 e. The summed E-state index contributed by atoms with van der Waals surface area (Å²) >= 11 is 0. The second-order valence-corrected chi connectivity index (χ2v) is 4.60. The molecule has 5 heteroatoms. The lowest BCUT2D eigenvalue weighted by molar-refractivity contribution is 0.0267. The number of carboxylic acids is 1. The Morgan fingerprint density at radius 1 is 1.32 bits per heavy atom. The molecule has 1 saturated heterocycles. The Bertz CT molecular complexity index is 486.